The van der Waals surface area contributed by atoms with Crippen LogP contribution in [0.15, 0.2) is 0 Å². The van der Waals surface area contributed by atoms with E-state index in [0.29, 0.717) is 11.5 Å². The second-order valence-electron chi connectivity index (χ2n) is 6.09. The number of methoxy groups -OCH3 is 1. The number of hydrogen-bond acceptors (Lipinski definition) is 4. The highest BCUT2D eigenvalue weighted by molar-refractivity contribution is 5.76. The molecule has 0 bridgehead atoms. The molecule has 1 saturated heterocycles. The van der Waals surface area contributed by atoms with Crippen LogP contribution in [-0.4, -0.2) is 50.2 Å². The van der Waals surface area contributed by atoms with E-state index in [4.69, 9.17) is 4.74 Å². The van der Waals surface area contributed by atoms with Crippen LogP contribution < -0.4 is 5.32 Å². The largest absolute Gasteiger partial charge is 0.469 e. The lowest BCUT2D eigenvalue weighted by molar-refractivity contribution is -0.143. The second-order valence-corrected chi connectivity index (χ2v) is 6.09. The molecule has 1 aliphatic heterocycles. The molecule has 4 nitrogen and oxygen atoms in total. The van der Waals surface area contributed by atoms with E-state index in [2.05, 4.69) is 24.1 Å². The minimum Gasteiger partial charge on any atom is -0.469 e. The van der Waals surface area contributed by atoms with Crippen molar-refractivity contribution >= 4 is 5.97 Å². The molecule has 2 rings (SSSR count). The van der Waals surface area contributed by atoms with Crippen molar-refractivity contribution in [3.63, 3.8) is 0 Å². The van der Waals surface area contributed by atoms with Gasteiger partial charge in [0.05, 0.1) is 13.0 Å². The fraction of sp³-hybridized carbons (Fsp3) is 0.929. The van der Waals surface area contributed by atoms with E-state index in [1.54, 1.807) is 0 Å². The molecule has 0 aromatic carbocycles. The molecule has 1 spiro atoms. The lowest BCUT2D eigenvalue weighted by atomic mass is 9.91. The van der Waals surface area contributed by atoms with Gasteiger partial charge in [-0.2, -0.15) is 0 Å². The van der Waals surface area contributed by atoms with Crippen molar-refractivity contribution in [1.29, 1.82) is 0 Å². The van der Waals surface area contributed by atoms with Crippen LogP contribution in [0.25, 0.3) is 0 Å². The Kier molecular flexibility index (Phi) is 4.28. The van der Waals surface area contributed by atoms with E-state index in [1.807, 2.05) is 0 Å². The second kappa shape index (κ2) is 5.57. The van der Waals surface area contributed by atoms with Crippen LogP contribution in [0, 0.1) is 11.3 Å². The number of hydrogen-bond donors (Lipinski definition) is 1. The van der Waals surface area contributed by atoms with Gasteiger partial charge in [0.2, 0.25) is 0 Å². The fourth-order valence-electron chi connectivity index (χ4n) is 3.11. The Morgan fingerprint density at radius 1 is 1.44 bits per heavy atom. The van der Waals surface area contributed by atoms with Gasteiger partial charge in [0.1, 0.15) is 0 Å². The van der Waals surface area contributed by atoms with E-state index in [0.717, 1.165) is 45.4 Å². The highest BCUT2D eigenvalue weighted by Gasteiger charge is 2.59. The lowest BCUT2D eigenvalue weighted by Crippen LogP contribution is -2.40. The Morgan fingerprint density at radius 3 is 2.67 bits per heavy atom. The molecule has 0 amide bonds. The van der Waals surface area contributed by atoms with Gasteiger partial charge in [0.15, 0.2) is 0 Å². The third kappa shape index (κ3) is 3.04. The van der Waals surface area contributed by atoms with Crippen LogP contribution in [-0.2, 0) is 9.53 Å². The van der Waals surface area contributed by atoms with Crippen molar-refractivity contribution in [2.75, 3.05) is 33.3 Å². The van der Waals surface area contributed by atoms with Crippen LogP contribution in [0.5, 0.6) is 0 Å². The van der Waals surface area contributed by atoms with Gasteiger partial charge in [-0.25, -0.2) is 0 Å². The first-order chi connectivity index (χ1) is 8.57. The summed E-state index contributed by atoms with van der Waals surface area (Å²) >= 11 is 0. The summed E-state index contributed by atoms with van der Waals surface area (Å²) in [5.41, 5.74) is 0.301. The molecule has 0 unspecified atom stereocenters. The molecule has 4 heteroatoms. The number of piperidine rings is 1. The molecule has 0 aromatic rings. The molecule has 1 atom stereocenters. The molecule has 1 aliphatic carbocycles. The van der Waals surface area contributed by atoms with E-state index >= 15 is 0 Å². The summed E-state index contributed by atoms with van der Waals surface area (Å²) in [6.07, 6.45) is 3.38. The predicted molar refractivity (Wildman–Crippen MR) is 71.4 cm³/mol. The predicted octanol–water partition coefficient (Wildman–Crippen LogP) is 1.26. The molecule has 1 heterocycles. The van der Waals surface area contributed by atoms with Gasteiger partial charge in [-0.15, -0.1) is 0 Å². The average Bonchev–Trinajstić information content (AvgIpc) is 3.05. The highest BCUT2D eigenvalue weighted by Crippen LogP contribution is 2.59. The lowest BCUT2D eigenvalue weighted by Gasteiger charge is -2.32. The Hall–Kier alpha value is -0.610. The molecule has 0 radical (unpaired) electrons. The Morgan fingerprint density at radius 2 is 2.11 bits per heavy atom. The molecule has 18 heavy (non-hydrogen) atoms. The summed E-state index contributed by atoms with van der Waals surface area (Å²) in [5.74, 6) is 0.198. The van der Waals surface area contributed by atoms with Gasteiger partial charge >= 0.3 is 5.97 Å². The zero-order chi connectivity index (χ0) is 13.2. The quantitative estimate of drug-likeness (QED) is 0.750. The van der Waals surface area contributed by atoms with Gasteiger partial charge in [-0.05, 0) is 37.8 Å². The summed E-state index contributed by atoms with van der Waals surface area (Å²) in [5, 5.41) is 3.45. The number of likely N-dealkylation sites (tertiary alicyclic amines) is 1. The number of rotatable bonds is 5. The number of nitrogens with zero attached hydrogens (tertiary/aromatic N) is 1. The summed E-state index contributed by atoms with van der Waals surface area (Å²) < 4.78 is 4.86. The fourth-order valence-corrected chi connectivity index (χ4v) is 3.11. The first-order valence-electron chi connectivity index (χ1n) is 7.11. The normalized spacial score (nSPS) is 26.6. The van der Waals surface area contributed by atoms with Crippen molar-refractivity contribution in [2.45, 2.75) is 39.2 Å². The molecule has 2 fully saturated rings. The first-order valence-corrected chi connectivity index (χ1v) is 7.11. The van der Waals surface area contributed by atoms with Crippen molar-refractivity contribution in [2.24, 2.45) is 11.3 Å². The summed E-state index contributed by atoms with van der Waals surface area (Å²) in [7, 11) is 1.50. The van der Waals surface area contributed by atoms with Crippen molar-refractivity contribution in [1.82, 2.24) is 10.2 Å². The van der Waals surface area contributed by atoms with Gasteiger partial charge in [0, 0.05) is 19.1 Å². The number of esters is 1. The molecule has 0 aromatic heterocycles. The average molecular weight is 254 g/mol. The van der Waals surface area contributed by atoms with Gasteiger partial charge < -0.3 is 15.0 Å². The smallest absolute Gasteiger partial charge is 0.309 e. The standard InChI is InChI=1S/C14H26N2O2/c1-11(2)15-6-9-16-7-4-14(5-8-16)10-12(14)13(17)18-3/h11-12,15H,4-10H2,1-3H3/t12-/m0/s1. The van der Waals surface area contributed by atoms with Gasteiger partial charge in [-0.1, -0.05) is 13.8 Å². The number of carbonyl (C=O) groups excluding carboxylic acids is 1. The van der Waals surface area contributed by atoms with Gasteiger partial charge in [-0.3, -0.25) is 4.79 Å². The van der Waals surface area contributed by atoms with Crippen LogP contribution >= 0.6 is 0 Å². The van der Waals surface area contributed by atoms with E-state index in [1.165, 1.54) is 7.11 Å². The van der Waals surface area contributed by atoms with E-state index in [-0.39, 0.29) is 11.9 Å². The van der Waals surface area contributed by atoms with Crippen LogP contribution in [0.2, 0.25) is 0 Å². The Bertz CT molecular complexity index is 296. The van der Waals surface area contributed by atoms with E-state index in [9.17, 15) is 4.79 Å². The Labute approximate surface area is 110 Å². The zero-order valence-corrected chi connectivity index (χ0v) is 11.9. The molecule has 104 valence electrons. The van der Waals surface area contributed by atoms with Crippen LogP contribution in [0.3, 0.4) is 0 Å². The van der Waals surface area contributed by atoms with Crippen LogP contribution in [0.1, 0.15) is 33.1 Å². The third-order valence-corrected chi connectivity index (χ3v) is 4.51. The van der Waals surface area contributed by atoms with E-state index < -0.39 is 0 Å². The summed E-state index contributed by atoms with van der Waals surface area (Å²) in [6, 6.07) is 0.563. The highest BCUT2D eigenvalue weighted by atomic mass is 16.5. The number of ether oxygens (including phenoxy) is 1. The SMILES string of the molecule is COC(=O)[C@@H]1CC12CCN(CCNC(C)C)CC2. The maximum Gasteiger partial charge on any atom is 0.309 e. The molecule has 1 N–H and O–H groups in total. The third-order valence-electron chi connectivity index (χ3n) is 4.51. The van der Waals surface area contributed by atoms with Gasteiger partial charge in [0.25, 0.3) is 0 Å². The Balaban J connectivity index is 1.68. The number of carbonyl (C=O) groups is 1. The molecular formula is C14H26N2O2. The molecule has 2 aliphatic rings. The van der Waals surface area contributed by atoms with Crippen molar-refractivity contribution in [3.8, 4) is 0 Å². The van der Waals surface area contributed by atoms with Crippen molar-refractivity contribution < 1.29 is 9.53 Å². The monoisotopic (exact) mass is 254 g/mol. The van der Waals surface area contributed by atoms with Crippen molar-refractivity contribution in [3.05, 3.63) is 0 Å². The van der Waals surface area contributed by atoms with Crippen LogP contribution in [0.4, 0.5) is 0 Å². The molecule has 1 saturated carbocycles. The minimum absolute atomic E-state index is 0.00456. The minimum atomic E-state index is 0.00456. The summed E-state index contributed by atoms with van der Waals surface area (Å²) in [4.78, 5) is 14.0. The molecular weight excluding hydrogens is 228 g/mol. The summed E-state index contributed by atoms with van der Waals surface area (Å²) in [6.45, 7) is 8.80. The maximum absolute atomic E-state index is 11.5. The zero-order valence-electron chi connectivity index (χ0n) is 11.9. The maximum atomic E-state index is 11.5. The first kappa shape index (κ1) is 13.8. The topological polar surface area (TPSA) is 41.6 Å². The number of nitrogens with one attached hydrogen (secondary N) is 1.